The summed E-state index contributed by atoms with van der Waals surface area (Å²) in [6.07, 6.45) is 0.0131. The maximum absolute atomic E-state index is 13.4. The maximum Gasteiger partial charge on any atom is 0.264 e. The van der Waals surface area contributed by atoms with Crippen molar-refractivity contribution in [3.8, 4) is 11.5 Å². The minimum absolute atomic E-state index is 0.0131. The summed E-state index contributed by atoms with van der Waals surface area (Å²) >= 11 is 0. The first-order chi connectivity index (χ1) is 16.7. The molecule has 9 heteroatoms. The van der Waals surface area contributed by atoms with Crippen LogP contribution in [0.15, 0.2) is 77.7 Å². The Kier molecular flexibility index (Phi) is 8.70. The van der Waals surface area contributed by atoms with E-state index in [4.69, 9.17) is 9.47 Å². The van der Waals surface area contributed by atoms with Crippen molar-refractivity contribution in [1.29, 1.82) is 0 Å². The molecular weight excluding hydrogens is 471 g/mol. The van der Waals surface area contributed by atoms with Crippen molar-refractivity contribution in [3.63, 3.8) is 0 Å². The van der Waals surface area contributed by atoms with E-state index >= 15 is 0 Å². The predicted molar refractivity (Wildman–Crippen MR) is 133 cm³/mol. The van der Waals surface area contributed by atoms with Crippen LogP contribution < -0.4 is 19.1 Å². The topological polar surface area (TPSA) is 84.9 Å². The quantitative estimate of drug-likeness (QED) is 0.418. The third-order valence-electron chi connectivity index (χ3n) is 4.88. The SMILES string of the molecule is CCOc1ccc(N(CC(=O)NCc2cccc(OC(C)C)c2)S(=O)(=O)c2ccc(F)cc2)cc1. The molecule has 186 valence electrons. The number of hydrogen-bond acceptors (Lipinski definition) is 5. The van der Waals surface area contributed by atoms with Crippen LogP contribution >= 0.6 is 0 Å². The smallest absolute Gasteiger partial charge is 0.264 e. The number of ether oxygens (including phenoxy) is 2. The van der Waals surface area contributed by atoms with Crippen LogP contribution in [0.3, 0.4) is 0 Å². The van der Waals surface area contributed by atoms with E-state index in [-0.39, 0.29) is 23.2 Å². The van der Waals surface area contributed by atoms with E-state index in [9.17, 15) is 17.6 Å². The summed E-state index contributed by atoms with van der Waals surface area (Å²) in [6.45, 7) is 5.88. The van der Waals surface area contributed by atoms with Gasteiger partial charge in [0.1, 0.15) is 23.9 Å². The number of halogens is 1. The first-order valence-corrected chi connectivity index (χ1v) is 12.7. The summed E-state index contributed by atoms with van der Waals surface area (Å²) in [7, 11) is -4.15. The molecule has 1 N–H and O–H groups in total. The minimum Gasteiger partial charge on any atom is -0.494 e. The summed E-state index contributed by atoms with van der Waals surface area (Å²) in [6, 6.07) is 18.2. The van der Waals surface area contributed by atoms with Crippen LogP contribution in [0, 0.1) is 5.82 Å². The van der Waals surface area contributed by atoms with E-state index < -0.39 is 28.3 Å². The van der Waals surface area contributed by atoms with Crippen LogP contribution in [0.2, 0.25) is 0 Å². The van der Waals surface area contributed by atoms with Crippen molar-refractivity contribution in [2.24, 2.45) is 0 Å². The van der Waals surface area contributed by atoms with Crippen molar-refractivity contribution < 1.29 is 27.1 Å². The molecule has 0 aromatic heterocycles. The van der Waals surface area contributed by atoms with Crippen molar-refractivity contribution in [1.82, 2.24) is 5.32 Å². The van der Waals surface area contributed by atoms with Crippen LogP contribution in [0.25, 0.3) is 0 Å². The Morgan fingerprint density at radius 1 is 1.00 bits per heavy atom. The number of carbonyl (C=O) groups excluding carboxylic acids is 1. The van der Waals surface area contributed by atoms with Crippen LogP contribution in [-0.4, -0.2) is 33.6 Å². The molecule has 7 nitrogen and oxygen atoms in total. The van der Waals surface area contributed by atoms with E-state index in [1.165, 1.54) is 12.1 Å². The maximum atomic E-state index is 13.4. The molecule has 1 amide bonds. The van der Waals surface area contributed by atoms with Crippen LogP contribution in [0.4, 0.5) is 10.1 Å². The number of nitrogens with one attached hydrogen (secondary N) is 1. The molecule has 0 saturated heterocycles. The second-order valence-electron chi connectivity index (χ2n) is 7.98. The van der Waals surface area contributed by atoms with Gasteiger partial charge in [-0.05, 0) is 87.0 Å². The van der Waals surface area contributed by atoms with Crippen molar-refractivity contribution >= 4 is 21.6 Å². The average Bonchev–Trinajstić information content (AvgIpc) is 2.82. The summed E-state index contributed by atoms with van der Waals surface area (Å²) in [4.78, 5) is 12.7. The molecule has 35 heavy (non-hydrogen) atoms. The van der Waals surface area contributed by atoms with Gasteiger partial charge in [-0.15, -0.1) is 0 Å². The van der Waals surface area contributed by atoms with Gasteiger partial charge in [-0.3, -0.25) is 9.10 Å². The van der Waals surface area contributed by atoms with Crippen molar-refractivity contribution in [2.75, 3.05) is 17.5 Å². The van der Waals surface area contributed by atoms with Gasteiger partial charge in [-0.2, -0.15) is 0 Å². The fourth-order valence-electron chi connectivity index (χ4n) is 3.31. The number of carbonyl (C=O) groups is 1. The normalized spacial score (nSPS) is 11.2. The molecule has 0 unspecified atom stereocenters. The highest BCUT2D eigenvalue weighted by atomic mass is 32.2. The molecule has 0 aliphatic carbocycles. The van der Waals surface area contributed by atoms with Gasteiger partial charge in [0.25, 0.3) is 10.0 Å². The molecular formula is C26H29FN2O5S. The third-order valence-corrected chi connectivity index (χ3v) is 6.67. The highest BCUT2D eigenvalue weighted by molar-refractivity contribution is 7.92. The Morgan fingerprint density at radius 2 is 1.69 bits per heavy atom. The van der Waals surface area contributed by atoms with Crippen LogP contribution in [0.5, 0.6) is 11.5 Å². The predicted octanol–water partition coefficient (Wildman–Crippen LogP) is 4.52. The van der Waals surface area contributed by atoms with Crippen LogP contribution in [-0.2, 0) is 21.4 Å². The molecule has 0 heterocycles. The third kappa shape index (κ3) is 7.19. The molecule has 0 atom stereocenters. The molecule has 3 rings (SSSR count). The highest BCUT2D eigenvalue weighted by Crippen LogP contribution is 2.26. The number of anilines is 1. The molecule has 3 aromatic carbocycles. The molecule has 3 aromatic rings. The zero-order valence-electron chi connectivity index (χ0n) is 19.9. The summed E-state index contributed by atoms with van der Waals surface area (Å²) in [5.74, 6) is 0.197. The molecule has 0 aliphatic rings. The van der Waals surface area contributed by atoms with E-state index in [2.05, 4.69) is 5.32 Å². The number of nitrogens with zero attached hydrogens (tertiary/aromatic N) is 1. The zero-order chi connectivity index (χ0) is 25.4. The molecule has 0 saturated carbocycles. The van der Waals surface area contributed by atoms with Crippen molar-refractivity contribution in [3.05, 3.63) is 84.2 Å². The molecule has 0 spiro atoms. The number of rotatable bonds is 11. The second-order valence-corrected chi connectivity index (χ2v) is 9.85. The standard InChI is InChI=1S/C26H29FN2O5S/c1-4-33-23-12-10-22(11-13-23)29(35(31,32)25-14-8-21(27)9-15-25)18-26(30)28-17-20-6-5-7-24(16-20)34-19(2)3/h5-16,19H,4,17-18H2,1-3H3,(H,28,30). The van der Waals surface area contributed by atoms with E-state index in [1.807, 2.05) is 45.0 Å². The van der Waals surface area contributed by atoms with Gasteiger partial charge in [0.05, 0.1) is 23.3 Å². The van der Waals surface area contributed by atoms with Gasteiger partial charge < -0.3 is 14.8 Å². The van der Waals surface area contributed by atoms with Gasteiger partial charge in [0, 0.05) is 6.54 Å². The average molecular weight is 501 g/mol. The Labute approximate surface area is 205 Å². The number of amides is 1. The number of sulfonamides is 1. The lowest BCUT2D eigenvalue weighted by molar-refractivity contribution is -0.119. The van der Waals surface area contributed by atoms with Crippen LogP contribution in [0.1, 0.15) is 26.3 Å². The van der Waals surface area contributed by atoms with Gasteiger partial charge >= 0.3 is 0 Å². The second kappa shape index (κ2) is 11.7. The first kappa shape index (κ1) is 26.0. The lowest BCUT2D eigenvalue weighted by Crippen LogP contribution is -2.40. The largest absolute Gasteiger partial charge is 0.494 e. The Bertz CT molecular complexity index is 1230. The summed E-state index contributed by atoms with van der Waals surface area (Å²) in [5, 5.41) is 2.76. The van der Waals surface area contributed by atoms with Gasteiger partial charge in [0.15, 0.2) is 0 Å². The van der Waals surface area contributed by atoms with Crippen molar-refractivity contribution in [2.45, 2.75) is 38.3 Å². The Balaban J connectivity index is 1.81. The minimum atomic E-state index is -4.15. The van der Waals surface area contributed by atoms with E-state index in [1.54, 1.807) is 24.3 Å². The molecule has 0 bridgehead atoms. The molecule has 0 radical (unpaired) electrons. The van der Waals surface area contributed by atoms with E-state index in [0.29, 0.717) is 18.1 Å². The zero-order valence-corrected chi connectivity index (χ0v) is 20.7. The number of benzene rings is 3. The molecule has 0 aliphatic heterocycles. The summed E-state index contributed by atoms with van der Waals surface area (Å²) in [5.41, 5.74) is 1.09. The van der Waals surface area contributed by atoms with E-state index in [0.717, 1.165) is 22.0 Å². The Morgan fingerprint density at radius 3 is 2.31 bits per heavy atom. The fraction of sp³-hybridized carbons (Fsp3) is 0.269. The highest BCUT2D eigenvalue weighted by Gasteiger charge is 2.27. The van der Waals surface area contributed by atoms with Gasteiger partial charge in [0.2, 0.25) is 5.91 Å². The monoisotopic (exact) mass is 500 g/mol. The Hall–Kier alpha value is -3.59. The number of hydrogen-bond donors (Lipinski definition) is 1. The van der Waals surface area contributed by atoms with Gasteiger partial charge in [-0.1, -0.05) is 12.1 Å². The fourth-order valence-corrected chi connectivity index (χ4v) is 4.73. The molecule has 0 fully saturated rings. The lowest BCUT2D eigenvalue weighted by atomic mass is 10.2. The summed E-state index contributed by atoms with van der Waals surface area (Å²) < 4.78 is 52.3. The lowest BCUT2D eigenvalue weighted by Gasteiger charge is -2.24. The first-order valence-electron chi connectivity index (χ1n) is 11.2. The van der Waals surface area contributed by atoms with Gasteiger partial charge in [-0.25, -0.2) is 12.8 Å².